The Hall–Kier alpha value is -5.38. The highest BCUT2D eigenvalue weighted by molar-refractivity contribution is 6.46. The van der Waals surface area contributed by atoms with Gasteiger partial charge in [-0.15, -0.1) is 0 Å². The van der Waals surface area contributed by atoms with E-state index in [0.29, 0.717) is 48.0 Å². The van der Waals surface area contributed by atoms with E-state index in [9.17, 15) is 14.7 Å². The van der Waals surface area contributed by atoms with Crippen LogP contribution in [0, 0.1) is 13.8 Å². The van der Waals surface area contributed by atoms with Crippen molar-refractivity contribution in [2.75, 3.05) is 13.7 Å². The molecule has 0 aliphatic carbocycles. The lowest BCUT2D eigenvalue weighted by molar-refractivity contribution is -0.139. The molecule has 10 nitrogen and oxygen atoms in total. The predicted octanol–water partition coefficient (Wildman–Crippen LogP) is 5.25. The van der Waals surface area contributed by atoms with Crippen molar-refractivity contribution in [2.24, 2.45) is 0 Å². The maximum Gasteiger partial charge on any atom is 0.295 e. The van der Waals surface area contributed by atoms with Crippen LogP contribution in [-0.2, 0) is 22.7 Å². The molecule has 0 saturated carbocycles. The first kappa shape index (κ1) is 28.7. The summed E-state index contributed by atoms with van der Waals surface area (Å²) in [7, 11) is 1.54. The summed E-state index contributed by atoms with van der Waals surface area (Å²) < 4.78 is 15.5. The molecule has 1 unspecified atom stereocenters. The lowest BCUT2D eigenvalue weighted by atomic mass is 9.96. The van der Waals surface area contributed by atoms with Crippen molar-refractivity contribution in [3.63, 3.8) is 0 Å². The number of ether oxygens (including phenoxy) is 2. The smallest absolute Gasteiger partial charge is 0.295 e. The molecule has 0 radical (unpaired) electrons. The molecular weight excluding hydrogens is 558 g/mol. The molecule has 1 saturated heterocycles. The predicted molar refractivity (Wildman–Crippen MR) is 164 cm³/mol. The first-order valence-electron chi connectivity index (χ1n) is 14.4. The van der Waals surface area contributed by atoms with E-state index in [2.05, 4.69) is 9.97 Å². The number of carbonyl (C=O) groups excluding carboxylic acids is 2. The van der Waals surface area contributed by atoms with Crippen molar-refractivity contribution in [3.8, 4) is 11.5 Å². The van der Waals surface area contributed by atoms with Crippen molar-refractivity contribution in [1.82, 2.24) is 23.8 Å². The molecule has 2 aromatic carbocycles. The van der Waals surface area contributed by atoms with Crippen LogP contribution >= 0.6 is 0 Å². The number of amides is 1. The summed E-state index contributed by atoms with van der Waals surface area (Å²) in [5, 5.41) is 11.7. The average Bonchev–Trinajstić information content (AvgIpc) is 3.75. The molecule has 0 bridgehead atoms. The van der Waals surface area contributed by atoms with E-state index >= 15 is 0 Å². The Morgan fingerprint density at radius 2 is 1.80 bits per heavy atom. The highest BCUT2D eigenvalue weighted by Crippen LogP contribution is 2.42. The number of nitrogens with zero attached hydrogens (tertiary/aromatic N) is 5. The van der Waals surface area contributed by atoms with Gasteiger partial charge in [0.15, 0.2) is 17.3 Å². The largest absolute Gasteiger partial charge is 0.505 e. The number of Topliss-reactive ketones (excluding diaryl/α,β-unsaturated/α-hetero) is 1. The van der Waals surface area contributed by atoms with Gasteiger partial charge in [0, 0.05) is 31.7 Å². The molecule has 1 fully saturated rings. The number of methoxy groups -OCH3 is 1. The monoisotopic (exact) mass is 591 g/mol. The molecule has 5 aromatic rings. The number of likely N-dealkylation sites (tertiary alicyclic amines) is 1. The Labute approximate surface area is 254 Å². The van der Waals surface area contributed by atoms with Crippen molar-refractivity contribution in [3.05, 3.63) is 119 Å². The van der Waals surface area contributed by atoms with Gasteiger partial charge in [0.1, 0.15) is 17.9 Å². The number of aliphatic hydroxyl groups excluding tert-OH is 1. The number of hydrogen-bond donors (Lipinski definition) is 1. The molecular formula is C34H33N5O5. The van der Waals surface area contributed by atoms with E-state index in [-0.39, 0.29) is 23.6 Å². The van der Waals surface area contributed by atoms with Gasteiger partial charge in [0.25, 0.3) is 11.7 Å². The van der Waals surface area contributed by atoms with Gasteiger partial charge in [0.2, 0.25) is 0 Å². The summed E-state index contributed by atoms with van der Waals surface area (Å²) in [5.41, 5.74) is 4.10. The summed E-state index contributed by atoms with van der Waals surface area (Å²) in [6.07, 6.45) is 7.67. The van der Waals surface area contributed by atoms with Gasteiger partial charge in [-0.05, 0) is 55.2 Å². The topological polar surface area (TPSA) is 111 Å². The standard InChI is InChI=1S/C34H33N5O5/c1-22-9-7-16-38-23(2)29(36-33(22)38)31(40)28-30(39(34(42)32(28)41)17-8-15-37-18-14-35-21-37)25-12-13-26(27(19-25)43-3)44-20-24-10-5-4-6-11-24/h4-7,9-14,16,18-19,21,30,40H,8,15,17,20H2,1-3H3. The number of hydrogen-bond acceptors (Lipinski definition) is 7. The third kappa shape index (κ3) is 5.30. The van der Waals surface area contributed by atoms with Crippen molar-refractivity contribution >= 4 is 23.1 Å². The zero-order valence-corrected chi connectivity index (χ0v) is 24.8. The van der Waals surface area contributed by atoms with E-state index in [1.54, 1.807) is 37.8 Å². The van der Waals surface area contributed by atoms with Crippen molar-refractivity contribution < 1.29 is 24.2 Å². The van der Waals surface area contributed by atoms with Crippen LogP contribution < -0.4 is 9.47 Å². The van der Waals surface area contributed by atoms with E-state index in [1.807, 2.05) is 77.7 Å². The SMILES string of the molecule is COc1cc(C2C(=C(O)c3nc4c(C)cccn4c3C)C(=O)C(=O)N2CCCn2ccnc2)ccc1OCc1ccccc1. The Morgan fingerprint density at radius 3 is 2.52 bits per heavy atom. The number of pyridine rings is 1. The fourth-order valence-corrected chi connectivity index (χ4v) is 5.68. The summed E-state index contributed by atoms with van der Waals surface area (Å²) in [5.74, 6) is -0.782. The van der Waals surface area contributed by atoms with Crippen LogP contribution in [0.4, 0.5) is 0 Å². The number of carbonyl (C=O) groups is 2. The second-order valence-corrected chi connectivity index (χ2v) is 10.8. The lowest BCUT2D eigenvalue weighted by Crippen LogP contribution is -2.31. The molecule has 44 heavy (non-hydrogen) atoms. The molecule has 224 valence electrons. The summed E-state index contributed by atoms with van der Waals surface area (Å²) in [6.45, 7) is 4.99. The minimum Gasteiger partial charge on any atom is -0.505 e. The number of benzene rings is 2. The van der Waals surface area contributed by atoms with Gasteiger partial charge in [-0.1, -0.05) is 42.5 Å². The molecule has 1 amide bonds. The first-order valence-corrected chi connectivity index (χ1v) is 14.4. The van der Waals surface area contributed by atoms with Crippen LogP contribution in [-0.4, -0.2) is 54.3 Å². The van der Waals surface area contributed by atoms with E-state index < -0.39 is 17.7 Å². The fraction of sp³-hybridized carbons (Fsp3) is 0.235. The summed E-state index contributed by atoms with van der Waals surface area (Å²) in [6, 6.07) is 18.1. The minimum atomic E-state index is -0.861. The molecule has 1 aliphatic rings. The maximum atomic E-state index is 13.7. The fourth-order valence-electron chi connectivity index (χ4n) is 5.68. The number of aromatic nitrogens is 4. The van der Waals surface area contributed by atoms with Crippen molar-refractivity contribution in [1.29, 1.82) is 0 Å². The lowest BCUT2D eigenvalue weighted by Gasteiger charge is -2.26. The molecule has 0 spiro atoms. The van der Waals surface area contributed by atoms with Gasteiger partial charge in [-0.25, -0.2) is 9.97 Å². The van der Waals surface area contributed by atoms with Gasteiger partial charge < -0.3 is 28.4 Å². The first-order chi connectivity index (χ1) is 21.4. The van der Waals surface area contributed by atoms with Gasteiger partial charge in [-0.3, -0.25) is 9.59 Å². The van der Waals surface area contributed by atoms with E-state index in [0.717, 1.165) is 11.1 Å². The number of aryl methyl sites for hydroxylation is 3. The van der Waals surface area contributed by atoms with E-state index in [4.69, 9.17) is 9.47 Å². The number of aliphatic hydroxyl groups is 1. The van der Waals surface area contributed by atoms with Crippen LogP contribution in [0.15, 0.2) is 91.2 Å². The highest BCUT2D eigenvalue weighted by Gasteiger charge is 2.46. The normalized spacial score (nSPS) is 16.2. The molecule has 1 atom stereocenters. The Kier molecular flexibility index (Phi) is 7.89. The number of rotatable bonds is 10. The van der Waals surface area contributed by atoms with E-state index in [1.165, 1.54) is 4.90 Å². The maximum absolute atomic E-state index is 13.7. The second kappa shape index (κ2) is 12.1. The number of fused-ring (bicyclic) bond motifs is 1. The Morgan fingerprint density at radius 1 is 0.977 bits per heavy atom. The second-order valence-electron chi connectivity index (χ2n) is 10.8. The third-order valence-corrected chi connectivity index (χ3v) is 7.96. The molecule has 1 N–H and O–H groups in total. The van der Waals surface area contributed by atoms with Gasteiger partial charge in [0.05, 0.1) is 30.7 Å². The summed E-state index contributed by atoms with van der Waals surface area (Å²) >= 11 is 0. The van der Waals surface area contributed by atoms with Crippen LogP contribution in [0.5, 0.6) is 11.5 Å². The minimum absolute atomic E-state index is 0.0122. The van der Waals surface area contributed by atoms with Crippen LogP contribution in [0.2, 0.25) is 0 Å². The third-order valence-electron chi connectivity index (χ3n) is 7.96. The molecule has 3 aromatic heterocycles. The Bertz CT molecular complexity index is 1860. The molecule has 6 rings (SSSR count). The number of imidazole rings is 2. The Balaban J connectivity index is 1.41. The molecule has 10 heteroatoms. The zero-order valence-electron chi connectivity index (χ0n) is 24.8. The zero-order chi connectivity index (χ0) is 30.8. The van der Waals surface area contributed by atoms with Crippen LogP contribution in [0.1, 0.15) is 40.5 Å². The number of ketones is 1. The quantitative estimate of drug-likeness (QED) is 0.134. The van der Waals surface area contributed by atoms with Crippen LogP contribution in [0.25, 0.3) is 11.4 Å². The average molecular weight is 592 g/mol. The van der Waals surface area contributed by atoms with Gasteiger partial charge in [-0.2, -0.15) is 0 Å². The van der Waals surface area contributed by atoms with Gasteiger partial charge >= 0.3 is 0 Å². The molecule has 1 aliphatic heterocycles. The van der Waals surface area contributed by atoms with Crippen LogP contribution in [0.3, 0.4) is 0 Å². The van der Waals surface area contributed by atoms with Crippen molar-refractivity contribution in [2.45, 2.75) is 39.5 Å². The summed E-state index contributed by atoms with van der Waals surface area (Å²) in [4.78, 5) is 37.5. The highest BCUT2D eigenvalue weighted by atomic mass is 16.5. The molecule has 4 heterocycles.